The molecule has 0 aromatic heterocycles. The SMILES string of the molecule is CCCN(CC(=O)Nc1ccc(Cl)cc1Cl)C(=O)COCC. The molecule has 0 saturated heterocycles. The molecule has 0 aliphatic carbocycles. The molecular formula is C15H20Cl2N2O3. The third-order valence-corrected chi connectivity index (χ3v) is 3.36. The first-order chi connectivity index (χ1) is 10.5. The van der Waals surface area contributed by atoms with E-state index in [-0.39, 0.29) is 25.0 Å². The lowest BCUT2D eigenvalue weighted by Crippen LogP contribution is -2.40. The Kier molecular flexibility index (Phi) is 8.24. The van der Waals surface area contributed by atoms with Crippen molar-refractivity contribution in [3.8, 4) is 0 Å². The Labute approximate surface area is 140 Å². The number of anilines is 1. The normalized spacial score (nSPS) is 10.4. The third-order valence-electron chi connectivity index (χ3n) is 2.82. The minimum atomic E-state index is -0.317. The average molecular weight is 347 g/mol. The molecule has 0 aliphatic heterocycles. The molecule has 0 fully saturated rings. The second kappa shape index (κ2) is 9.66. The molecule has 1 aromatic carbocycles. The van der Waals surface area contributed by atoms with Crippen LogP contribution < -0.4 is 5.32 Å². The highest BCUT2D eigenvalue weighted by atomic mass is 35.5. The Bertz CT molecular complexity index is 524. The van der Waals surface area contributed by atoms with E-state index in [0.29, 0.717) is 28.9 Å². The summed E-state index contributed by atoms with van der Waals surface area (Å²) in [7, 11) is 0. The van der Waals surface area contributed by atoms with Crippen molar-refractivity contribution in [3.63, 3.8) is 0 Å². The highest BCUT2D eigenvalue weighted by molar-refractivity contribution is 6.36. The van der Waals surface area contributed by atoms with E-state index in [9.17, 15) is 9.59 Å². The zero-order valence-electron chi connectivity index (χ0n) is 12.7. The van der Waals surface area contributed by atoms with E-state index in [1.54, 1.807) is 18.2 Å². The summed E-state index contributed by atoms with van der Waals surface area (Å²) in [6, 6.07) is 4.80. The number of halogens is 2. The lowest BCUT2D eigenvalue weighted by atomic mass is 10.3. The number of rotatable bonds is 8. The maximum absolute atomic E-state index is 12.1. The van der Waals surface area contributed by atoms with Crippen LogP contribution in [0.15, 0.2) is 18.2 Å². The van der Waals surface area contributed by atoms with Crippen LogP contribution in [0.5, 0.6) is 0 Å². The van der Waals surface area contributed by atoms with Crippen LogP contribution in [0.25, 0.3) is 0 Å². The lowest BCUT2D eigenvalue weighted by molar-refractivity contribution is -0.138. The fourth-order valence-electron chi connectivity index (χ4n) is 1.80. The number of carbonyl (C=O) groups excluding carboxylic acids is 2. The Morgan fingerprint density at radius 3 is 2.59 bits per heavy atom. The molecule has 22 heavy (non-hydrogen) atoms. The fourth-order valence-corrected chi connectivity index (χ4v) is 2.25. The smallest absolute Gasteiger partial charge is 0.249 e. The highest BCUT2D eigenvalue weighted by Crippen LogP contribution is 2.25. The number of hydrogen-bond donors (Lipinski definition) is 1. The number of benzene rings is 1. The predicted molar refractivity (Wildman–Crippen MR) is 88.5 cm³/mol. The van der Waals surface area contributed by atoms with E-state index in [4.69, 9.17) is 27.9 Å². The molecular weight excluding hydrogens is 327 g/mol. The van der Waals surface area contributed by atoms with Gasteiger partial charge in [0.25, 0.3) is 0 Å². The van der Waals surface area contributed by atoms with Crippen LogP contribution in [0.2, 0.25) is 10.0 Å². The number of carbonyl (C=O) groups is 2. The molecule has 0 aliphatic rings. The molecule has 7 heteroatoms. The molecule has 0 atom stereocenters. The van der Waals surface area contributed by atoms with Gasteiger partial charge in [0.1, 0.15) is 6.61 Å². The summed E-state index contributed by atoms with van der Waals surface area (Å²) in [6.07, 6.45) is 0.757. The number of hydrogen-bond acceptors (Lipinski definition) is 3. The minimum Gasteiger partial charge on any atom is -0.372 e. The van der Waals surface area contributed by atoms with Gasteiger partial charge in [-0.1, -0.05) is 30.1 Å². The standard InChI is InChI=1S/C15H20Cl2N2O3/c1-3-7-19(15(21)10-22-4-2)9-14(20)18-13-6-5-11(16)8-12(13)17/h5-6,8H,3-4,7,9-10H2,1-2H3,(H,18,20). The first kappa shape index (κ1) is 18.7. The molecule has 0 unspecified atom stereocenters. The van der Waals surface area contributed by atoms with Gasteiger partial charge in [0.2, 0.25) is 11.8 Å². The monoisotopic (exact) mass is 346 g/mol. The van der Waals surface area contributed by atoms with Crippen molar-refractivity contribution in [3.05, 3.63) is 28.2 Å². The Balaban J connectivity index is 2.64. The van der Waals surface area contributed by atoms with Crippen LogP contribution in [0.3, 0.4) is 0 Å². The van der Waals surface area contributed by atoms with E-state index < -0.39 is 0 Å². The second-order valence-electron chi connectivity index (χ2n) is 4.62. The van der Waals surface area contributed by atoms with E-state index in [0.717, 1.165) is 6.42 Å². The molecule has 0 bridgehead atoms. The average Bonchev–Trinajstić information content (AvgIpc) is 2.47. The molecule has 5 nitrogen and oxygen atoms in total. The second-order valence-corrected chi connectivity index (χ2v) is 5.47. The summed E-state index contributed by atoms with van der Waals surface area (Å²) in [5.41, 5.74) is 0.463. The molecule has 0 radical (unpaired) electrons. The number of amides is 2. The maximum atomic E-state index is 12.1. The van der Waals surface area contributed by atoms with Gasteiger partial charge in [0, 0.05) is 18.2 Å². The van der Waals surface area contributed by atoms with Crippen LogP contribution in [0.1, 0.15) is 20.3 Å². The number of nitrogens with zero attached hydrogens (tertiary/aromatic N) is 1. The zero-order chi connectivity index (χ0) is 16.5. The van der Waals surface area contributed by atoms with Crippen molar-refractivity contribution < 1.29 is 14.3 Å². The Hall–Kier alpha value is -1.30. The van der Waals surface area contributed by atoms with Gasteiger partial charge in [-0.25, -0.2) is 0 Å². The van der Waals surface area contributed by atoms with Crippen molar-refractivity contribution >= 4 is 40.7 Å². The number of nitrogens with one attached hydrogen (secondary N) is 1. The zero-order valence-corrected chi connectivity index (χ0v) is 14.2. The van der Waals surface area contributed by atoms with Gasteiger partial charge in [-0.2, -0.15) is 0 Å². The highest BCUT2D eigenvalue weighted by Gasteiger charge is 2.17. The molecule has 2 amide bonds. The summed E-state index contributed by atoms with van der Waals surface area (Å²) < 4.78 is 5.10. The first-order valence-electron chi connectivity index (χ1n) is 7.08. The lowest BCUT2D eigenvalue weighted by Gasteiger charge is -2.21. The minimum absolute atomic E-state index is 0.0223. The fraction of sp³-hybridized carbons (Fsp3) is 0.467. The summed E-state index contributed by atoms with van der Waals surface area (Å²) in [4.78, 5) is 25.5. The summed E-state index contributed by atoms with van der Waals surface area (Å²) in [5, 5.41) is 3.51. The largest absolute Gasteiger partial charge is 0.372 e. The summed E-state index contributed by atoms with van der Waals surface area (Å²) in [6.45, 7) is 4.64. The van der Waals surface area contributed by atoms with Gasteiger partial charge in [0.15, 0.2) is 0 Å². The van der Waals surface area contributed by atoms with Crippen molar-refractivity contribution in [1.82, 2.24) is 4.90 Å². The van der Waals surface area contributed by atoms with Gasteiger partial charge in [0.05, 0.1) is 17.3 Å². The van der Waals surface area contributed by atoms with Crippen LogP contribution in [0.4, 0.5) is 5.69 Å². The number of ether oxygens (including phenoxy) is 1. The Morgan fingerprint density at radius 2 is 2.00 bits per heavy atom. The molecule has 1 N–H and O–H groups in total. The molecule has 122 valence electrons. The topological polar surface area (TPSA) is 58.6 Å². The van der Waals surface area contributed by atoms with Crippen molar-refractivity contribution in [1.29, 1.82) is 0 Å². The van der Waals surface area contributed by atoms with Crippen molar-refractivity contribution in [2.24, 2.45) is 0 Å². The molecule has 1 aromatic rings. The van der Waals surface area contributed by atoms with E-state index in [1.807, 2.05) is 13.8 Å². The van der Waals surface area contributed by atoms with Crippen LogP contribution in [-0.2, 0) is 14.3 Å². The van der Waals surface area contributed by atoms with Gasteiger partial charge in [-0.3, -0.25) is 9.59 Å². The maximum Gasteiger partial charge on any atom is 0.249 e. The quantitative estimate of drug-likeness (QED) is 0.786. The van der Waals surface area contributed by atoms with Gasteiger partial charge < -0.3 is 15.0 Å². The summed E-state index contributed by atoms with van der Waals surface area (Å²) in [5.74, 6) is -0.524. The van der Waals surface area contributed by atoms with E-state index in [2.05, 4.69) is 5.32 Å². The van der Waals surface area contributed by atoms with Crippen LogP contribution in [-0.4, -0.2) is 43.0 Å². The van der Waals surface area contributed by atoms with Crippen LogP contribution in [0, 0.1) is 0 Å². The molecule has 1 rings (SSSR count). The van der Waals surface area contributed by atoms with Gasteiger partial charge in [-0.15, -0.1) is 0 Å². The van der Waals surface area contributed by atoms with Crippen molar-refractivity contribution in [2.45, 2.75) is 20.3 Å². The first-order valence-corrected chi connectivity index (χ1v) is 7.83. The molecule has 0 saturated carbocycles. The van der Waals surface area contributed by atoms with Crippen molar-refractivity contribution in [2.75, 3.05) is 31.6 Å². The molecule has 0 spiro atoms. The van der Waals surface area contributed by atoms with E-state index in [1.165, 1.54) is 4.90 Å². The van der Waals surface area contributed by atoms with Crippen LogP contribution >= 0.6 is 23.2 Å². The molecule has 0 heterocycles. The van der Waals surface area contributed by atoms with Gasteiger partial charge in [-0.05, 0) is 31.5 Å². The van der Waals surface area contributed by atoms with E-state index >= 15 is 0 Å². The summed E-state index contributed by atoms with van der Waals surface area (Å²) >= 11 is 11.8. The Morgan fingerprint density at radius 1 is 1.27 bits per heavy atom. The predicted octanol–water partition coefficient (Wildman–Crippen LogP) is 3.21. The van der Waals surface area contributed by atoms with Gasteiger partial charge >= 0.3 is 0 Å². The third kappa shape index (κ3) is 6.22.